The van der Waals surface area contributed by atoms with E-state index >= 15 is 4.79 Å². The van der Waals surface area contributed by atoms with Crippen molar-refractivity contribution in [3.63, 3.8) is 0 Å². The van der Waals surface area contributed by atoms with Crippen LogP contribution in [0.2, 0.25) is 0 Å². The number of fused-ring (bicyclic) bond motifs is 4. The van der Waals surface area contributed by atoms with Gasteiger partial charge in [0.15, 0.2) is 0 Å². The Hall–Kier alpha value is -5.94. The van der Waals surface area contributed by atoms with Crippen molar-refractivity contribution in [1.82, 2.24) is 18.9 Å². The maximum absolute atomic E-state index is 15.2. The van der Waals surface area contributed by atoms with Crippen LogP contribution in [-0.4, -0.2) is 49.1 Å². The van der Waals surface area contributed by atoms with Crippen molar-refractivity contribution < 1.29 is 19.4 Å². The molecule has 1 aromatic heterocycles. The number of imide groups is 1. The molecule has 11 heteroatoms. The number of carbonyl (C=O) groups is 2. The number of hydrazine groups is 1. The third kappa shape index (κ3) is 4.68. The summed E-state index contributed by atoms with van der Waals surface area (Å²) < 4.78 is 9.71. The predicted molar refractivity (Wildman–Crippen MR) is 186 cm³/mol. The second kappa shape index (κ2) is 12.2. The summed E-state index contributed by atoms with van der Waals surface area (Å²) in [5, 5.41) is 10.4. The SMILES string of the molecule is Cc1ccc(NN2C(=O)C3CC4C(=CCn5c(=O)n(-c6ccccc6)c(=O)n54)C(c4ccc(OCCO)cc4)C3(c3ccccc3)C2=O)cc1. The zero-order chi connectivity index (χ0) is 34.6. The number of hydrogen-bond donors (Lipinski definition) is 2. The molecule has 0 bridgehead atoms. The molecule has 1 saturated carbocycles. The van der Waals surface area contributed by atoms with Crippen LogP contribution in [0.5, 0.6) is 5.75 Å². The number of anilines is 1. The number of aliphatic hydroxyl groups excluding tert-OH is 1. The van der Waals surface area contributed by atoms with Crippen molar-refractivity contribution in [2.75, 3.05) is 18.6 Å². The number of aromatic nitrogens is 3. The van der Waals surface area contributed by atoms with Crippen LogP contribution in [-0.2, 0) is 21.5 Å². The van der Waals surface area contributed by atoms with E-state index in [4.69, 9.17) is 4.74 Å². The Kier molecular flexibility index (Phi) is 7.64. The van der Waals surface area contributed by atoms with Crippen LogP contribution in [0.3, 0.4) is 0 Å². The van der Waals surface area contributed by atoms with Gasteiger partial charge < -0.3 is 9.84 Å². The number of para-hydroxylation sites is 1. The second-order valence-corrected chi connectivity index (χ2v) is 12.9. The number of nitrogens with zero attached hydrogens (tertiary/aromatic N) is 4. The Balaban J connectivity index is 1.34. The van der Waals surface area contributed by atoms with Gasteiger partial charge in [-0.15, -0.1) is 0 Å². The molecule has 2 aliphatic heterocycles. The number of aliphatic hydroxyl groups is 1. The zero-order valence-corrected chi connectivity index (χ0v) is 27.3. The highest BCUT2D eigenvalue weighted by atomic mass is 16.5. The quantitative estimate of drug-likeness (QED) is 0.188. The molecule has 4 atom stereocenters. The number of allylic oxidation sites excluding steroid dienone is 2. The maximum atomic E-state index is 15.2. The molecule has 252 valence electrons. The average molecular weight is 670 g/mol. The van der Waals surface area contributed by atoms with Crippen LogP contribution >= 0.6 is 0 Å². The third-order valence-electron chi connectivity index (χ3n) is 10.2. The molecule has 0 radical (unpaired) electrons. The molecular formula is C39H35N5O6. The normalized spacial score (nSPS) is 22.4. The minimum absolute atomic E-state index is 0.108. The van der Waals surface area contributed by atoms with Crippen LogP contribution in [0, 0.1) is 12.8 Å². The van der Waals surface area contributed by atoms with Crippen molar-refractivity contribution >= 4 is 17.5 Å². The fraction of sp³-hybridized carbons (Fsp3) is 0.231. The fourth-order valence-electron chi connectivity index (χ4n) is 8.10. The molecule has 3 aliphatic rings. The Morgan fingerprint density at radius 3 is 2.20 bits per heavy atom. The van der Waals surface area contributed by atoms with Gasteiger partial charge in [-0.25, -0.2) is 23.5 Å². The predicted octanol–water partition coefficient (Wildman–Crippen LogP) is 4.10. The molecular weight excluding hydrogens is 634 g/mol. The van der Waals surface area contributed by atoms with Gasteiger partial charge in [-0.2, -0.15) is 5.01 Å². The largest absolute Gasteiger partial charge is 0.491 e. The Morgan fingerprint density at radius 2 is 1.52 bits per heavy atom. The fourth-order valence-corrected chi connectivity index (χ4v) is 8.10. The summed E-state index contributed by atoms with van der Waals surface area (Å²) in [5.74, 6) is -1.87. The van der Waals surface area contributed by atoms with E-state index in [2.05, 4.69) is 5.43 Å². The van der Waals surface area contributed by atoms with E-state index in [-0.39, 0.29) is 26.2 Å². The molecule has 3 heterocycles. The molecule has 1 saturated heterocycles. The molecule has 50 heavy (non-hydrogen) atoms. The second-order valence-electron chi connectivity index (χ2n) is 12.9. The first-order valence-corrected chi connectivity index (χ1v) is 16.6. The number of ether oxygens (including phenoxy) is 1. The van der Waals surface area contributed by atoms with E-state index in [1.807, 2.05) is 85.8 Å². The Morgan fingerprint density at radius 1 is 0.840 bits per heavy atom. The van der Waals surface area contributed by atoms with Gasteiger partial charge in [-0.3, -0.25) is 15.0 Å². The molecule has 4 aromatic carbocycles. The number of carbonyl (C=O) groups excluding carboxylic acids is 2. The highest BCUT2D eigenvalue weighted by Crippen LogP contribution is 2.61. The van der Waals surface area contributed by atoms with E-state index in [9.17, 15) is 19.5 Å². The van der Waals surface area contributed by atoms with E-state index < -0.39 is 46.5 Å². The molecule has 2 amide bonds. The minimum Gasteiger partial charge on any atom is -0.491 e. The molecule has 1 aliphatic carbocycles. The first kappa shape index (κ1) is 31.3. The van der Waals surface area contributed by atoms with Crippen LogP contribution in [0.15, 0.2) is 130 Å². The summed E-state index contributed by atoms with van der Waals surface area (Å²) in [4.78, 5) is 58.0. The van der Waals surface area contributed by atoms with Gasteiger partial charge in [0.25, 0.3) is 11.8 Å². The van der Waals surface area contributed by atoms with Crippen LogP contribution in [0.4, 0.5) is 5.69 Å². The van der Waals surface area contributed by atoms with Gasteiger partial charge >= 0.3 is 11.4 Å². The third-order valence-corrected chi connectivity index (χ3v) is 10.2. The van der Waals surface area contributed by atoms with Crippen LogP contribution in [0.25, 0.3) is 5.69 Å². The highest BCUT2D eigenvalue weighted by Gasteiger charge is 2.68. The molecule has 0 spiro atoms. The zero-order valence-electron chi connectivity index (χ0n) is 27.3. The first-order chi connectivity index (χ1) is 24.3. The summed E-state index contributed by atoms with van der Waals surface area (Å²) in [6.07, 6.45) is 2.06. The minimum atomic E-state index is -1.39. The first-order valence-electron chi connectivity index (χ1n) is 16.6. The van der Waals surface area contributed by atoms with E-state index in [1.165, 1.54) is 9.36 Å². The van der Waals surface area contributed by atoms with Crippen LogP contribution < -0.4 is 21.5 Å². The van der Waals surface area contributed by atoms with Crippen LogP contribution in [0.1, 0.15) is 35.1 Å². The average Bonchev–Trinajstić information content (AvgIpc) is 3.53. The number of aryl methyl sites for hydroxylation is 1. The molecule has 4 unspecified atom stereocenters. The lowest BCUT2D eigenvalue weighted by atomic mass is 9.53. The van der Waals surface area contributed by atoms with E-state index in [0.29, 0.717) is 22.7 Å². The summed E-state index contributed by atoms with van der Waals surface area (Å²) in [5.41, 5.74) is 5.00. The molecule has 11 nitrogen and oxygen atoms in total. The van der Waals surface area contributed by atoms with Gasteiger partial charge in [-0.1, -0.05) is 84.4 Å². The topological polar surface area (TPSA) is 128 Å². The van der Waals surface area contributed by atoms with Crippen molar-refractivity contribution in [3.8, 4) is 11.4 Å². The summed E-state index contributed by atoms with van der Waals surface area (Å²) in [7, 11) is 0. The van der Waals surface area contributed by atoms with Gasteiger partial charge in [0, 0.05) is 5.92 Å². The smallest absolute Gasteiger partial charge is 0.352 e. The van der Waals surface area contributed by atoms with E-state index in [0.717, 1.165) is 26.3 Å². The van der Waals surface area contributed by atoms with Gasteiger partial charge in [-0.05, 0) is 66.4 Å². The number of hydrogen-bond acceptors (Lipinski definition) is 7. The Labute approximate surface area is 287 Å². The molecule has 8 rings (SSSR count). The summed E-state index contributed by atoms with van der Waals surface area (Å²) in [6.45, 7) is 2.05. The lowest BCUT2D eigenvalue weighted by Gasteiger charge is -2.49. The molecule has 2 N–H and O–H groups in total. The van der Waals surface area contributed by atoms with Crippen molar-refractivity contribution in [3.05, 3.63) is 159 Å². The van der Waals surface area contributed by atoms with Crippen molar-refractivity contribution in [2.24, 2.45) is 5.92 Å². The summed E-state index contributed by atoms with van der Waals surface area (Å²) in [6, 6.07) is 32.2. The van der Waals surface area contributed by atoms with Crippen molar-refractivity contribution in [2.45, 2.75) is 37.3 Å². The highest BCUT2D eigenvalue weighted by molar-refractivity contribution is 6.12. The van der Waals surface area contributed by atoms with Gasteiger partial charge in [0.1, 0.15) is 12.4 Å². The Bertz CT molecular complexity index is 2240. The molecule has 5 aromatic rings. The summed E-state index contributed by atoms with van der Waals surface area (Å²) >= 11 is 0. The van der Waals surface area contributed by atoms with Gasteiger partial charge in [0.2, 0.25) is 0 Å². The lowest BCUT2D eigenvalue weighted by Crippen LogP contribution is -2.53. The number of rotatable bonds is 8. The van der Waals surface area contributed by atoms with E-state index in [1.54, 1.807) is 36.4 Å². The number of amides is 2. The van der Waals surface area contributed by atoms with Gasteiger partial charge in [0.05, 0.1) is 41.9 Å². The lowest BCUT2D eigenvalue weighted by molar-refractivity contribution is -0.138. The monoisotopic (exact) mass is 669 g/mol. The number of benzene rings is 4. The standard InChI is InChI=1S/C39H35N5O6/c1-25-12-16-28(17-13-25)40-43-35(46)32-24-33-31(20-21-41-37(48)42(38(49)44(33)41)29-10-6-3-7-11-29)34(26-14-18-30(19-15-26)50-23-22-45)39(32,36(43)47)27-8-4-2-5-9-27/h2-20,32-34,40,45H,21-24H2,1H3. The number of nitrogens with one attached hydrogen (secondary N) is 1. The van der Waals surface area contributed by atoms with Crippen molar-refractivity contribution in [1.29, 1.82) is 0 Å². The maximum Gasteiger partial charge on any atom is 0.352 e. The molecule has 2 fully saturated rings.